The number of fused-ring (bicyclic) bond motifs is 1. The third-order valence-corrected chi connectivity index (χ3v) is 3.19. The van der Waals surface area contributed by atoms with Gasteiger partial charge in [0.1, 0.15) is 0 Å². The number of nitrogens with one attached hydrogen (secondary N) is 1. The lowest BCUT2D eigenvalue weighted by molar-refractivity contribution is 0.0697. The quantitative estimate of drug-likeness (QED) is 0.871. The van der Waals surface area contributed by atoms with E-state index < -0.39 is 5.97 Å². The number of benzene rings is 1. The van der Waals surface area contributed by atoms with Gasteiger partial charge in [0.25, 0.3) is 0 Å². The lowest BCUT2D eigenvalue weighted by Crippen LogP contribution is -2.27. The molecule has 0 spiro atoms. The Morgan fingerprint density at radius 2 is 2.11 bits per heavy atom. The van der Waals surface area contributed by atoms with Crippen molar-refractivity contribution in [2.45, 2.75) is 0 Å². The van der Waals surface area contributed by atoms with Crippen molar-refractivity contribution in [1.29, 1.82) is 0 Å². The van der Waals surface area contributed by atoms with E-state index in [1.165, 1.54) is 22.3 Å². The third kappa shape index (κ3) is 2.40. The van der Waals surface area contributed by atoms with Gasteiger partial charge >= 0.3 is 12.0 Å². The molecule has 2 amide bonds. The molecule has 0 aliphatic rings. The van der Waals surface area contributed by atoms with Crippen LogP contribution in [0.1, 0.15) is 10.4 Å². The Hall–Kier alpha value is -2.15. The predicted molar refractivity (Wildman–Crippen MR) is 69.3 cm³/mol. The molecule has 1 heterocycles. The Bertz CT molecular complexity index is 621. The molecular weight excluding hydrogens is 254 g/mol. The van der Waals surface area contributed by atoms with E-state index in [1.54, 1.807) is 26.2 Å². The lowest BCUT2D eigenvalue weighted by atomic mass is 10.2. The van der Waals surface area contributed by atoms with Crippen LogP contribution in [-0.4, -0.2) is 41.1 Å². The predicted octanol–water partition coefficient (Wildman–Crippen LogP) is 2.09. The van der Waals surface area contributed by atoms with Gasteiger partial charge in [0.2, 0.25) is 0 Å². The maximum Gasteiger partial charge on any atom is 0.335 e. The fourth-order valence-electron chi connectivity index (χ4n) is 1.31. The molecule has 0 saturated carbocycles. The molecule has 0 saturated heterocycles. The van der Waals surface area contributed by atoms with Crippen LogP contribution in [0.15, 0.2) is 18.2 Å². The maximum atomic E-state index is 11.5. The zero-order valence-electron chi connectivity index (χ0n) is 9.80. The number of amides is 2. The molecule has 0 radical (unpaired) electrons. The summed E-state index contributed by atoms with van der Waals surface area (Å²) in [6, 6.07) is 4.39. The number of anilines is 1. The summed E-state index contributed by atoms with van der Waals surface area (Å²) in [5.41, 5.74) is 0.871. The van der Waals surface area contributed by atoms with Crippen molar-refractivity contribution in [3.63, 3.8) is 0 Å². The summed E-state index contributed by atoms with van der Waals surface area (Å²) in [6.45, 7) is 0. The second kappa shape index (κ2) is 4.61. The molecule has 0 aliphatic heterocycles. The molecule has 2 N–H and O–H groups in total. The number of hydrogen-bond donors (Lipinski definition) is 2. The van der Waals surface area contributed by atoms with E-state index in [-0.39, 0.29) is 11.6 Å². The SMILES string of the molecule is CN(C)C(=O)Nc1nc2ccc(C(=O)O)cc2s1. The summed E-state index contributed by atoms with van der Waals surface area (Å²) in [4.78, 5) is 27.9. The number of carboxylic acids is 1. The molecule has 0 aliphatic carbocycles. The van der Waals surface area contributed by atoms with E-state index in [0.717, 1.165) is 4.70 Å². The van der Waals surface area contributed by atoms with Gasteiger partial charge in [-0.25, -0.2) is 14.6 Å². The minimum atomic E-state index is -0.982. The molecule has 1 aromatic heterocycles. The summed E-state index contributed by atoms with van der Waals surface area (Å²) >= 11 is 1.24. The van der Waals surface area contributed by atoms with E-state index in [1.807, 2.05) is 0 Å². The van der Waals surface area contributed by atoms with Crippen molar-refractivity contribution in [2.75, 3.05) is 19.4 Å². The van der Waals surface area contributed by atoms with E-state index in [9.17, 15) is 9.59 Å². The minimum absolute atomic E-state index is 0.205. The smallest absolute Gasteiger partial charge is 0.335 e. The third-order valence-electron chi connectivity index (χ3n) is 2.26. The first-order chi connectivity index (χ1) is 8.47. The zero-order chi connectivity index (χ0) is 13.3. The average Bonchev–Trinajstić information content (AvgIpc) is 2.69. The van der Waals surface area contributed by atoms with Gasteiger partial charge in [-0.05, 0) is 18.2 Å². The Kier molecular flexibility index (Phi) is 3.15. The first-order valence-corrected chi connectivity index (χ1v) is 5.91. The van der Waals surface area contributed by atoms with Crippen molar-refractivity contribution in [2.24, 2.45) is 0 Å². The number of aromatic carboxylic acids is 1. The highest BCUT2D eigenvalue weighted by Crippen LogP contribution is 2.26. The highest BCUT2D eigenvalue weighted by atomic mass is 32.1. The molecule has 0 atom stereocenters. The number of hydrogen-bond acceptors (Lipinski definition) is 4. The number of thiazole rings is 1. The van der Waals surface area contributed by atoms with Gasteiger partial charge in [-0.3, -0.25) is 5.32 Å². The molecule has 94 valence electrons. The van der Waals surface area contributed by atoms with Crippen LogP contribution in [0.5, 0.6) is 0 Å². The minimum Gasteiger partial charge on any atom is -0.478 e. The number of carbonyl (C=O) groups is 2. The zero-order valence-corrected chi connectivity index (χ0v) is 10.6. The highest BCUT2D eigenvalue weighted by Gasteiger charge is 2.10. The van der Waals surface area contributed by atoms with Gasteiger partial charge in [0.05, 0.1) is 15.8 Å². The van der Waals surface area contributed by atoms with E-state index in [2.05, 4.69) is 10.3 Å². The van der Waals surface area contributed by atoms with Gasteiger partial charge in [0.15, 0.2) is 5.13 Å². The van der Waals surface area contributed by atoms with Crippen LogP contribution >= 0.6 is 11.3 Å². The summed E-state index contributed by atoms with van der Waals surface area (Å²) < 4.78 is 0.726. The van der Waals surface area contributed by atoms with Gasteiger partial charge in [-0.15, -0.1) is 0 Å². The maximum absolute atomic E-state index is 11.5. The van der Waals surface area contributed by atoms with Crippen LogP contribution in [0, 0.1) is 0 Å². The van der Waals surface area contributed by atoms with Crippen molar-refractivity contribution in [3.8, 4) is 0 Å². The fourth-order valence-corrected chi connectivity index (χ4v) is 2.21. The summed E-state index contributed by atoms with van der Waals surface area (Å²) in [5.74, 6) is -0.982. The second-order valence-electron chi connectivity index (χ2n) is 3.83. The van der Waals surface area contributed by atoms with Crippen molar-refractivity contribution >= 4 is 38.7 Å². The van der Waals surface area contributed by atoms with Gasteiger partial charge in [0, 0.05) is 14.1 Å². The molecular formula is C11H11N3O3S. The van der Waals surface area contributed by atoms with Gasteiger partial charge in [-0.1, -0.05) is 11.3 Å². The van der Waals surface area contributed by atoms with Crippen molar-refractivity contribution in [3.05, 3.63) is 23.8 Å². The number of aromatic nitrogens is 1. The molecule has 1 aromatic carbocycles. The van der Waals surface area contributed by atoms with Crippen molar-refractivity contribution < 1.29 is 14.7 Å². The number of urea groups is 1. The molecule has 7 heteroatoms. The molecule has 0 fully saturated rings. The number of carboxylic acid groups (broad SMARTS) is 1. The monoisotopic (exact) mass is 265 g/mol. The topological polar surface area (TPSA) is 82.5 Å². The van der Waals surface area contributed by atoms with E-state index >= 15 is 0 Å². The molecule has 0 unspecified atom stereocenters. The number of rotatable bonds is 2. The standard InChI is InChI=1S/C11H11N3O3S/c1-14(2)11(17)13-10-12-7-4-3-6(9(15)16)5-8(7)18-10/h3-5H,1-2H3,(H,15,16)(H,12,13,17). The summed E-state index contributed by atoms with van der Waals surface area (Å²) in [6.07, 6.45) is 0. The largest absolute Gasteiger partial charge is 0.478 e. The van der Waals surface area contributed by atoms with Crippen LogP contribution < -0.4 is 5.32 Å². The van der Waals surface area contributed by atoms with E-state index in [4.69, 9.17) is 5.11 Å². The Morgan fingerprint density at radius 1 is 1.39 bits per heavy atom. The molecule has 6 nitrogen and oxygen atoms in total. The normalized spacial score (nSPS) is 10.3. The lowest BCUT2D eigenvalue weighted by Gasteiger charge is -2.08. The molecule has 2 rings (SSSR count). The fraction of sp³-hybridized carbons (Fsp3) is 0.182. The first kappa shape index (κ1) is 12.3. The van der Waals surface area contributed by atoms with Crippen LogP contribution in [0.2, 0.25) is 0 Å². The van der Waals surface area contributed by atoms with Crippen molar-refractivity contribution in [1.82, 2.24) is 9.88 Å². The Morgan fingerprint density at radius 3 is 2.72 bits per heavy atom. The Balaban J connectivity index is 2.33. The molecule has 18 heavy (non-hydrogen) atoms. The highest BCUT2D eigenvalue weighted by molar-refractivity contribution is 7.22. The first-order valence-electron chi connectivity index (χ1n) is 5.09. The van der Waals surface area contributed by atoms with Gasteiger partial charge in [-0.2, -0.15) is 0 Å². The van der Waals surface area contributed by atoms with Crippen LogP contribution in [-0.2, 0) is 0 Å². The summed E-state index contributed by atoms with van der Waals surface area (Å²) in [5, 5.41) is 12.0. The van der Waals surface area contributed by atoms with E-state index in [0.29, 0.717) is 10.6 Å². The van der Waals surface area contributed by atoms with Crippen LogP contribution in [0.4, 0.5) is 9.93 Å². The number of nitrogens with zero attached hydrogens (tertiary/aromatic N) is 2. The van der Waals surface area contributed by atoms with Crippen LogP contribution in [0.25, 0.3) is 10.2 Å². The summed E-state index contributed by atoms with van der Waals surface area (Å²) in [7, 11) is 3.26. The molecule has 0 bridgehead atoms. The molecule has 2 aromatic rings. The van der Waals surface area contributed by atoms with Crippen LogP contribution in [0.3, 0.4) is 0 Å². The number of carbonyl (C=O) groups excluding carboxylic acids is 1. The average molecular weight is 265 g/mol. The Labute approximate surface area is 107 Å². The van der Waals surface area contributed by atoms with Gasteiger partial charge < -0.3 is 10.0 Å². The second-order valence-corrected chi connectivity index (χ2v) is 4.86.